The second kappa shape index (κ2) is 5.80. The van der Waals surface area contributed by atoms with E-state index in [1.807, 2.05) is 12.1 Å². The Morgan fingerprint density at radius 1 is 1.58 bits per heavy atom. The molecule has 1 heterocycles. The number of rotatable bonds is 4. The van der Waals surface area contributed by atoms with Gasteiger partial charge < -0.3 is 15.2 Å². The molecule has 1 aromatic carbocycles. The van der Waals surface area contributed by atoms with Crippen molar-refractivity contribution >= 4 is 17.6 Å². The molecule has 0 saturated carbocycles. The third kappa shape index (κ3) is 2.85. The molecule has 4 nitrogen and oxygen atoms in total. The number of hydrogen-bond acceptors (Lipinski definition) is 3. The zero-order valence-corrected chi connectivity index (χ0v) is 11.8. The molecule has 0 radical (unpaired) electrons. The fourth-order valence-electron chi connectivity index (χ4n) is 2.51. The lowest BCUT2D eigenvalue weighted by molar-refractivity contribution is -0.141. The topological polar surface area (TPSA) is 58.6 Å². The third-order valence-electron chi connectivity index (χ3n) is 3.60. The number of aliphatic carboxylic acids is 1. The molecule has 5 heteroatoms. The van der Waals surface area contributed by atoms with E-state index in [4.69, 9.17) is 21.4 Å². The van der Waals surface area contributed by atoms with E-state index in [9.17, 15) is 4.79 Å². The number of methoxy groups -OCH3 is 1. The molecule has 1 saturated heterocycles. The van der Waals surface area contributed by atoms with Crippen LogP contribution < -0.4 is 10.1 Å². The van der Waals surface area contributed by atoms with E-state index in [1.54, 1.807) is 7.11 Å². The van der Waals surface area contributed by atoms with Crippen LogP contribution in [0, 0.1) is 5.92 Å². The largest absolute Gasteiger partial charge is 0.495 e. The molecule has 2 N–H and O–H groups in total. The quantitative estimate of drug-likeness (QED) is 0.892. The SMILES string of the molecule is CCc1cc(Cl)c(OC)c(C2CC(C(=O)O)CN2)c1. The van der Waals surface area contributed by atoms with Crippen LogP contribution in [0.4, 0.5) is 0 Å². The molecule has 2 unspecified atom stereocenters. The zero-order valence-electron chi connectivity index (χ0n) is 11.1. The third-order valence-corrected chi connectivity index (χ3v) is 3.88. The Labute approximate surface area is 117 Å². The van der Waals surface area contributed by atoms with Crippen molar-refractivity contribution in [1.82, 2.24) is 5.32 Å². The van der Waals surface area contributed by atoms with E-state index < -0.39 is 5.97 Å². The van der Waals surface area contributed by atoms with Crippen LogP contribution in [0.1, 0.15) is 30.5 Å². The first-order valence-corrected chi connectivity index (χ1v) is 6.77. The molecule has 0 amide bonds. The second-order valence-electron chi connectivity index (χ2n) is 4.79. The molecule has 0 bridgehead atoms. The minimum atomic E-state index is -0.758. The average Bonchev–Trinajstić information content (AvgIpc) is 2.87. The van der Waals surface area contributed by atoms with E-state index in [-0.39, 0.29) is 12.0 Å². The van der Waals surface area contributed by atoms with Crippen LogP contribution >= 0.6 is 11.6 Å². The number of carboxylic acid groups (broad SMARTS) is 1. The lowest BCUT2D eigenvalue weighted by Gasteiger charge is -2.17. The first-order chi connectivity index (χ1) is 9.06. The Hall–Kier alpha value is -1.26. The van der Waals surface area contributed by atoms with Crippen molar-refractivity contribution in [2.24, 2.45) is 5.92 Å². The Morgan fingerprint density at radius 3 is 2.84 bits per heavy atom. The van der Waals surface area contributed by atoms with E-state index in [2.05, 4.69) is 12.2 Å². The molecule has 1 aliphatic rings. The van der Waals surface area contributed by atoms with Crippen molar-refractivity contribution in [3.63, 3.8) is 0 Å². The summed E-state index contributed by atoms with van der Waals surface area (Å²) >= 11 is 6.22. The molecular weight excluding hydrogens is 266 g/mol. The maximum absolute atomic E-state index is 11.0. The maximum Gasteiger partial charge on any atom is 0.307 e. The maximum atomic E-state index is 11.0. The van der Waals surface area contributed by atoms with E-state index in [0.717, 1.165) is 17.5 Å². The smallest absolute Gasteiger partial charge is 0.307 e. The number of aryl methyl sites for hydroxylation is 1. The van der Waals surface area contributed by atoms with Gasteiger partial charge >= 0.3 is 5.97 Å². The van der Waals surface area contributed by atoms with Crippen molar-refractivity contribution < 1.29 is 14.6 Å². The first kappa shape index (κ1) is 14.2. The zero-order chi connectivity index (χ0) is 14.0. The van der Waals surface area contributed by atoms with Crippen molar-refractivity contribution in [2.45, 2.75) is 25.8 Å². The summed E-state index contributed by atoms with van der Waals surface area (Å²) in [6.45, 7) is 2.54. The monoisotopic (exact) mass is 283 g/mol. The highest BCUT2D eigenvalue weighted by molar-refractivity contribution is 6.32. The van der Waals surface area contributed by atoms with Gasteiger partial charge in [-0.3, -0.25) is 4.79 Å². The summed E-state index contributed by atoms with van der Waals surface area (Å²) in [4.78, 5) is 11.0. The standard InChI is InChI=1S/C14H18ClNO3/c1-3-8-4-10(13(19-2)11(15)5-8)12-6-9(7-16-12)14(17)18/h4-5,9,12,16H,3,6-7H2,1-2H3,(H,17,18). The molecule has 0 aromatic heterocycles. The van der Waals surface area contributed by atoms with Gasteiger partial charge in [-0.15, -0.1) is 0 Å². The number of hydrogen-bond donors (Lipinski definition) is 2. The molecule has 0 spiro atoms. The second-order valence-corrected chi connectivity index (χ2v) is 5.19. The Kier molecular flexibility index (Phi) is 4.32. The van der Waals surface area contributed by atoms with Crippen LogP contribution in [-0.4, -0.2) is 24.7 Å². The van der Waals surface area contributed by atoms with Crippen LogP contribution in [0.2, 0.25) is 5.02 Å². The van der Waals surface area contributed by atoms with Crippen molar-refractivity contribution in [3.8, 4) is 5.75 Å². The summed E-state index contributed by atoms with van der Waals surface area (Å²) in [7, 11) is 1.58. The average molecular weight is 284 g/mol. The Bertz CT molecular complexity index is 490. The summed E-state index contributed by atoms with van der Waals surface area (Å²) in [6, 6.07) is 3.93. The Morgan fingerprint density at radius 2 is 2.32 bits per heavy atom. The number of benzene rings is 1. The van der Waals surface area contributed by atoms with E-state index >= 15 is 0 Å². The summed E-state index contributed by atoms with van der Waals surface area (Å²) in [5.74, 6) is -0.465. The summed E-state index contributed by atoms with van der Waals surface area (Å²) in [5, 5.41) is 12.9. The van der Waals surface area contributed by atoms with Crippen LogP contribution in [0.25, 0.3) is 0 Å². The summed E-state index contributed by atoms with van der Waals surface area (Å²) in [6.07, 6.45) is 1.45. The van der Waals surface area contributed by atoms with Crippen LogP contribution in [0.15, 0.2) is 12.1 Å². The predicted molar refractivity (Wildman–Crippen MR) is 73.9 cm³/mol. The normalized spacial score (nSPS) is 22.5. The number of nitrogens with one attached hydrogen (secondary N) is 1. The molecule has 2 rings (SSSR count). The van der Waals surface area contributed by atoms with E-state index in [0.29, 0.717) is 23.7 Å². The summed E-state index contributed by atoms with van der Waals surface area (Å²) in [5.41, 5.74) is 2.08. The summed E-state index contributed by atoms with van der Waals surface area (Å²) < 4.78 is 5.36. The van der Waals surface area contributed by atoms with Gasteiger partial charge in [0.25, 0.3) is 0 Å². The van der Waals surface area contributed by atoms with Gasteiger partial charge in [-0.05, 0) is 24.5 Å². The lowest BCUT2D eigenvalue weighted by atomic mass is 9.97. The van der Waals surface area contributed by atoms with Gasteiger partial charge in [0.2, 0.25) is 0 Å². The number of carboxylic acids is 1. The van der Waals surface area contributed by atoms with Crippen LogP contribution in [0.5, 0.6) is 5.75 Å². The Balaban J connectivity index is 2.33. The minimum absolute atomic E-state index is 0.0138. The molecule has 1 fully saturated rings. The number of halogens is 1. The molecular formula is C14H18ClNO3. The van der Waals surface area contributed by atoms with Gasteiger partial charge in [0, 0.05) is 18.2 Å². The van der Waals surface area contributed by atoms with Gasteiger partial charge in [-0.2, -0.15) is 0 Å². The van der Waals surface area contributed by atoms with Gasteiger partial charge in [-0.1, -0.05) is 24.6 Å². The molecule has 1 aliphatic heterocycles. The number of ether oxygens (including phenoxy) is 1. The van der Waals surface area contributed by atoms with Crippen molar-refractivity contribution in [1.29, 1.82) is 0 Å². The highest BCUT2D eigenvalue weighted by Crippen LogP contribution is 2.38. The molecule has 2 atom stereocenters. The molecule has 104 valence electrons. The fourth-order valence-corrected chi connectivity index (χ4v) is 2.84. The molecule has 1 aromatic rings. The lowest BCUT2D eigenvalue weighted by Crippen LogP contribution is -2.17. The van der Waals surface area contributed by atoms with Gasteiger partial charge in [-0.25, -0.2) is 0 Å². The molecule has 0 aliphatic carbocycles. The highest BCUT2D eigenvalue weighted by atomic mass is 35.5. The minimum Gasteiger partial charge on any atom is -0.495 e. The van der Waals surface area contributed by atoms with Gasteiger partial charge in [0.1, 0.15) is 5.75 Å². The van der Waals surface area contributed by atoms with Crippen molar-refractivity contribution in [3.05, 3.63) is 28.3 Å². The first-order valence-electron chi connectivity index (χ1n) is 6.39. The van der Waals surface area contributed by atoms with Crippen LogP contribution in [-0.2, 0) is 11.2 Å². The van der Waals surface area contributed by atoms with E-state index in [1.165, 1.54) is 0 Å². The van der Waals surface area contributed by atoms with Gasteiger partial charge in [0.15, 0.2) is 0 Å². The fraction of sp³-hybridized carbons (Fsp3) is 0.500. The molecule has 19 heavy (non-hydrogen) atoms. The van der Waals surface area contributed by atoms with Crippen LogP contribution in [0.3, 0.4) is 0 Å². The van der Waals surface area contributed by atoms with Gasteiger partial charge in [0.05, 0.1) is 18.1 Å². The van der Waals surface area contributed by atoms with Crippen molar-refractivity contribution in [2.75, 3.05) is 13.7 Å². The number of carbonyl (C=O) groups is 1. The highest BCUT2D eigenvalue weighted by Gasteiger charge is 2.32. The predicted octanol–water partition coefficient (Wildman–Crippen LogP) is 2.65.